The third-order valence-electron chi connectivity index (χ3n) is 4.60. The lowest BCUT2D eigenvalue weighted by atomic mass is 10.1. The molecule has 166 valence electrons. The summed E-state index contributed by atoms with van der Waals surface area (Å²) in [6, 6.07) is 9.30. The topological polar surface area (TPSA) is 128 Å². The molecule has 0 fully saturated rings. The first kappa shape index (κ1) is 21.8. The van der Waals surface area contributed by atoms with E-state index in [0.717, 1.165) is 4.70 Å². The van der Waals surface area contributed by atoms with Crippen LogP contribution in [0.4, 0.5) is 10.8 Å². The van der Waals surface area contributed by atoms with Gasteiger partial charge >= 0.3 is 5.97 Å². The van der Waals surface area contributed by atoms with Gasteiger partial charge in [-0.05, 0) is 50.2 Å². The van der Waals surface area contributed by atoms with E-state index in [2.05, 4.69) is 15.0 Å². The molecular formula is C21H19N3O6S2. The normalized spacial score (nSPS) is 11.6. The van der Waals surface area contributed by atoms with E-state index >= 15 is 0 Å². The van der Waals surface area contributed by atoms with Crippen molar-refractivity contribution < 1.29 is 27.2 Å². The van der Waals surface area contributed by atoms with E-state index in [9.17, 15) is 18.0 Å². The number of nitrogens with one attached hydrogen (secondary N) is 2. The van der Waals surface area contributed by atoms with Crippen LogP contribution in [0.1, 0.15) is 30.0 Å². The summed E-state index contributed by atoms with van der Waals surface area (Å²) in [5, 5.41) is 3.56. The molecule has 32 heavy (non-hydrogen) atoms. The molecule has 0 spiro atoms. The maximum absolute atomic E-state index is 13.0. The second-order valence-electron chi connectivity index (χ2n) is 6.92. The number of furan rings is 1. The number of hydrogen-bond donors (Lipinski definition) is 2. The van der Waals surface area contributed by atoms with Crippen molar-refractivity contribution in [3.63, 3.8) is 0 Å². The molecule has 0 saturated carbocycles. The Kier molecular flexibility index (Phi) is 5.61. The summed E-state index contributed by atoms with van der Waals surface area (Å²) in [6.45, 7) is 4.95. The molecular weight excluding hydrogens is 454 g/mol. The second-order valence-corrected chi connectivity index (χ2v) is 9.64. The van der Waals surface area contributed by atoms with E-state index in [1.165, 1.54) is 36.5 Å². The van der Waals surface area contributed by atoms with Crippen molar-refractivity contribution in [3.05, 3.63) is 47.7 Å². The Bertz CT molecular complexity index is 1470. The van der Waals surface area contributed by atoms with Gasteiger partial charge in [0.1, 0.15) is 5.58 Å². The minimum atomic E-state index is -3.93. The van der Waals surface area contributed by atoms with E-state index in [1.807, 2.05) is 0 Å². The number of hydrogen-bond acceptors (Lipinski definition) is 8. The van der Waals surface area contributed by atoms with Crippen LogP contribution in [0, 0.1) is 6.92 Å². The van der Waals surface area contributed by atoms with Crippen molar-refractivity contribution in [2.24, 2.45) is 0 Å². The minimum absolute atomic E-state index is 0.0154. The molecule has 0 radical (unpaired) electrons. The number of thiazole rings is 1. The summed E-state index contributed by atoms with van der Waals surface area (Å²) in [5.41, 5.74) is 1.77. The molecule has 0 aliphatic heterocycles. The van der Waals surface area contributed by atoms with Crippen molar-refractivity contribution in [3.8, 4) is 0 Å². The van der Waals surface area contributed by atoms with Crippen LogP contribution < -0.4 is 10.0 Å². The van der Waals surface area contributed by atoms with Gasteiger partial charge in [-0.25, -0.2) is 18.2 Å². The number of carbonyl (C=O) groups excluding carboxylic acids is 2. The Labute approximate surface area is 187 Å². The number of carbonyl (C=O) groups is 2. The monoisotopic (exact) mass is 473 g/mol. The van der Waals surface area contributed by atoms with Gasteiger partial charge in [0.05, 0.1) is 27.4 Å². The lowest BCUT2D eigenvalue weighted by Crippen LogP contribution is -2.12. The molecule has 2 N–H and O–H groups in total. The van der Waals surface area contributed by atoms with E-state index in [1.54, 1.807) is 32.0 Å². The minimum Gasteiger partial charge on any atom is -0.460 e. The number of esters is 1. The van der Waals surface area contributed by atoms with Crippen LogP contribution in [0.25, 0.3) is 21.2 Å². The molecule has 1 amide bonds. The highest BCUT2D eigenvalue weighted by atomic mass is 32.2. The number of nitrogens with zero attached hydrogens (tertiary/aromatic N) is 1. The van der Waals surface area contributed by atoms with Gasteiger partial charge in [0.2, 0.25) is 11.7 Å². The van der Waals surface area contributed by atoms with Crippen molar-refractivity contribution in [1.29, 1.82) is 0 Å². The summed E-state index contributed by atoms with van der Waals surface area (Å²) in [5.74, 6) is -0.784. The van der Waals surface area contributed by atoms with Gasteiger partial charge in [0, 0.05) is 17.9 Å². The molecule has 0 aliphatic rings. The molecule has 2 aromatic heterocycles. The Morgan fingerprint density at radius 1 is 1.19 bits per heavy atom. The Morgan fingerprint density at radius 3 is 2.69 bits per heavy atom. The van der Waals surface area contributed by atoms with Gasteiger partial charge in [-0.3, -0.25) is 9.52 Å². The molecule has 4 rings (SSSR count). The van der Waals surface area contributed by atoms with Crippen LogP contribution in [-0.4, -0.2) is 31.9 Å². The number of sulfonamides is 1. The van der Waals surface area contributed by atoms with Crippen molar-refractivity contribution in [2.45, 2.75) is 25.7 Å². The molecule has 2 heterocycles. The van der Waals surface area contributed by atoms with Crippen LogP contribution in [-0.2, 0) is 19.6 Å². The number of aromatic nitrogens is 1. The fourth-order valence-electron chi connectivity index (χ4n) is 3.17. The van der Waals surface area contributed by atoms with Crippen molar-refractivity contribution in [2.75, 3.05) is 16.6 Å². The highest BCUT2D eigenvalue weighted by Gasteiger charge is 2.22. The number of rotatable bonds is 6. The van der Waals surface area contributed by atoms with E-state index < -0.39 is 16.0 Å². The molecule has 0 unspecified atom stereocenters. The van der Waals surface area contributed by atoms with E-state index in [4.69, 9.17) is 9.15 Å². The summed E-state index contributed by atoms with van der Waals surface area (Å²) in [4.78, 5) is 27.6. The summed E-state index contributed by atoms with van der Waals surface area (Å²) >= 11 is 1.29. The van der Waals surface area contributed by atoms with Crippen LogP contribution in [0.3, 0.4) is 0 Å². The third-order valence-corrected chi connectivity index (χ3v) is 6.93. The summed E-state index contributed by atoms with van der Waals surface area (Å²) < 4.78 is 39.8. The maximum Gasteiger partial charge on any atom is 0.374 e. The van der Waals surface area contributed by atoms with Crippen molar-refractivity contribution in [1.82, 2.24) is 4.98 Å². The molecule has 0 aliphatic carbocycles. The van der Waals surface area contributed by atoms with Gasteiger partial charge < -0.3 is 14.5 Å². The average molecular weight is 474 g/mol. The Morgan fingerprint density at radius 2 is 1.97 bits per heavy atom. The van der Waals surface area contributed by atoms with Gasteiger partial charge in [0.15, 0.2) is 5.13 Å². The first-order valence-electron chi connectivity index (χ1n) is 9.59. The first-order valence-corrected chi connectivity index (χ1v) is 11.9. The number of benzene rings is 2. The quantitative estimate of drug-likeness (QED) is 0.400. The molecule has 4 aromatic rings. The number of anilines is 2. The smallest absolute Gasteiger partial charge is 0.374 e. The number of fused-ring (bicyclic) bond motifs is 2. The summed E-state index contributed by atoms with van der Waals surface area (Å²) in [6.07, 6.45) is 0. The zero-order chi connectivity index (χ0) is 23.0. The van der Waals surface area contributed by atoms with Gasteiger partial charge in [-0.1, -0.05) is 11.3 Å². The lowest BCUT2D eigenvalue weighted by Gasteiger charge is -2.08. The summed E-state index contributed by atoms with van der Waals surface area (Å²) in [7, 11) is -3.93. The molecule has 2 aromatic carbocycles. The standard InChI is InChI=1S/C21H19N3O6S2/c1-4-29-20(26)19-11(2)15-10-14(6-7-17(15)30-19)32(27,28)24-13-5-8-18-16(9-13)23-21(31-18)22-12(3)25/h5-10,24H,4H2,1-3H3,(H,22,23,25). The second kappa shape index (κ2) is 8.24. The first-order chi connectivity index (χ1) is 15.2. The number of aryl methyl sites for hydroxylation is 1. The highest BCUT2D eigenvalue weighted by Crippen LogP contribution is 2.31. The molecule has 9 nitrogen and oxygen atoms in total. The zero-order valence-electron chi connectivity index (χ0n) is 17.4. The number of amides is 1. The maximum atomic E-state index is 13.0. The van der Waals surface area contributed by atoms with Crippen LogP contribution >= 0.6 is 11.3 Å². The zero-order valence-corrected chi connectivity index (χ0v) is 19.0. The predicted octanol–water partition coefficient (Wildman–Crippen LogP) is 4.29. The van der Waals surface area contributed by atoms with E-state index in [0.29, 0.717) is 32.9 Å². The Balaban J connectivity index is 1.65. The number of ether oxygens (including phenoxy) is 1. The largest absolute Gasteiger partial charge is 0.460 e. The van der Waals surface area contributed by atoms with Gasteiger partial charge in [0.25, 0.3) is 10.0 Å². The molecule has 0 bridgehead atoms. The van der Waals surface area contributed by atoms with Gasteiger partial charge in [-0.15, -0.1) is 0 Å². The molecule has 0 saturated heterocycles. The van der Waals surface area contributed by atoms with Gasteiger partial charge in [-0.2, -0.15) is 0 Å². The molecule has 11 heteroatoms. The van der Waals surface area contributed by atoms with E-state index in [-0.39, 0.29) is 23.2 Å². The predicted molar refractivity (Wildman–Crippen MR) is 122 cm³/mol. The third kappa shape index (κ3) is 4.16. The fourth-order valence-corrected chi connectivity index (χ4v) is 5.14. The Hall–Kier alpha value is -3.44. The fraction of sp³-hybridized carbons (Fsp3) is 0.190. The lowest BCUT2D eigenvalue weighted by molar-refractivity contribution is -0.114. The SMILES string of the molecule is CCOC(=O)c1oc2ccc(S(=O)(=O)Nc3ccc4sc(NC(C)=O)nc4c3)cc2c1C. The molecule has 0 atom stereocenters. The van der Waals surface area contributed by atoms with Crippen molar-refractivity contribution >= 4 is 65.2 Å². The van der Waals surface area contributed by atoms with Crippen LogP contribution in [0.15, 0.2) is 45.7 Å². The van der Waals surface area contributed by atoms with Crippen LogP contribution in [0.2, 0.25) is 0 Å². The highest BCUT2D eigenvalue weighted by molar-refractivity contribution is 7.92. The average Bonchev–Trinajstić information content (AvgIpc) is 3.27. The van der Waals surface area contributed by atoms with Crippen LogP contribution in [0.5, 0.6) is 0 Å².